The first-order valence-electron chi connectivity index (χ1n) is 6.73. The van der Waals surface area contributed by atoms with Crippen LogP contribution >= 0.6 is 23.2 Å². The number of halogens is 3. The van der Waals surface area contributed by atoms with Crippen LogP contribution in [0.2, 0.25) is 10.0 Å². The Bertz CT molecular complexity index is 908. The maximum Gasteiger partial charge on any atom is 0.300 e. The van der Waals surface area contributed by atoms with Crippen LogP contribution < -0.4 is 5.32 Å². The number of Topliss-reactive ketones (excluding diaryl/α,β-unsaturated/α-hetero) is 1. The molecule has 7 heteroatoms. The molecule has 0 radical (unpaired) electrons. The molecule has 0 saturated carbocycles. The predicted octanol–water partition coefficient (Wildman–Crippen LogP) is 5.15. The Morgan fingerprint density at radius 2 is 2.09 bits per heavy atom. The fraction of sp³-hybridized carbons (Fsp3) is 0.125. The third kappa shape index (κ3) is 3.30. The number of oxazole rings is 1. The van der Waals surface area contributed by atoms with Crippen LogP contribution in [0.15, 0.2) is 34.7 Å². The van der Waals surface area contributed by atoms with Crippen molar-refractivity contribution in [3.05, 3.63) is 51.8 Å². The average Bonchev–Trinajstić information content (AvgIpc) is 2.89. The number of nitrogens with zero attached hydrogens (tertiary/aromatic N) is 1. The fourth-order valence-corrected chi connectivity index (χ4v) is 2.50. The SMILES string of the molecule is CC(=O)Cc1ccc2nc(Nc3cc(Cl)ccc3Cl)oc2c1F. The maximum atomic E-state index is 14.4. The largest absolute Gasteiger partial charge is 0.420 e. The van der Waals surface area contributed by atoms with Crippen LogP contribution in [-0.2, 0) is 11.2 Å². The summed E-state index contributed by atoms with van der Waals surface area (Å²) < 4.78 is 19.8. The van der Waals surface area contributed by atoms with Crippen LogP contribution in [0.25, 0.3) is 11.1 Å². The molecular formula is C16H11Cl2FN2O2. The van der Waals surface area contributed by atoms with Gasteiger partial charge >= 0.3 is 0 Å². The van der Waals surface area contributed by atoms with Gasteiger partial charge in [-0.1, -0.05) is 29.3 Å². The number of nitrogens with one attached hydrogen (secondary N) is 1. The zero-order valence-corrected chi connectivity index (χ0v) is 13.5. The molecule has 0 aliphatic carbocycles. The maximum absolute atomic E-state index is 14.4. The Morgan fingerprint density at radius 3 is 2.83 bits per heavy atom. The van der Waals surface area contributed by atoms with Gasteiger partial charge in [0.25, 0.3) is 6.01 Å². The summed E-state index contributed by atoms with van der Waals surface area (Å²) in [5.74, 6) is -0.720. The molecule has 0 aliphatic rings. The average molecular weight is 353 g/mol. The van der Waals surface area contributed by atoms with Gasteiger partial charge in [-0.05, 0) is 36.8 Å². The standard InChI is InChI=1S/C16H11Cl2FN2O2/c1-8(22)6-9-2-5-12-15(14(9)19)23-16(20-12)21-13-7-10(17)3-4-11(13)18/h2-5,7H,6H2,1H3,(H,20,21). The van der Waals surface area contributed by atoms with Gasteiger partial charge in [-0.15, -0.1) is 0 Å². The molecule has 0 aliphatic heterocycles. The Labute approximate surface area is 141 Å². The lowest BCUT2D eigenvalue weighted by molar-refractivity contribution is -0.116. The summed E-state index contributed by atoms with van der Waals surface area (Å²) in [6.45, 7) is 1.40. The lowest BCUT2D eigenvalue weighted by Crippen LogP contribution is -1.99. The van der Waals surface area contributed by atoms with Gasteiger partial charge in [0.1, 0.15) is 11.3 Å². The molecule has 0 atom stereocenters. The lowest BCUT2D eigenvalue weighted by Gasteiger charge is -2.04. The van der Waals surface area contributed by atoms with Gasteiger partial charge in [-0.2, -0.15) is 4.98 Å². The Balaban J connectivity index is 1.98. The van der Waals surface area contributed by atoms with Crippen molar-refractivity contribution in [3.63, 3.8) is 0 Å². The van der Waals surface area contributed by atoms with Crippen LogP contribution in [0.3, 0.4) is 0 Å². The van der Waals surface area contributed by atoms with Crippen molar-refractivity contribution in [3.8, 4) is 0 Å². The first kappa shape index (κ1) is 15.8. The highest BCUT2D eigenvalue weighted by Crippen LogP contribution is 2.31. The molecule has 118 valence electrons. The van der Waals surface area contributed by atoms with E-state index in [1.54, 1.807) is 24.3 Å². The number of carbonyl (C=O) groups is 1. The van der Waals surface area contributed by atoms with Crippen LogP contribution in [0, 0.1) is 5.82 Å². The molecule has 0 spiro atoms. The highest BCUT2D eigenvalue weighted by molar-refractivity contribution is 6.35. The molecular weight excluding hydrogens is 342 g/mol. The van der Waals surface area contributed by atoms with E-state index in [0.717, 1.165) is 0 Å². The number of hydrogen-bond donors (Lipinski definition) is 1. The van der Waals surface area contributed by atoms with Crippen molar-refractivity contribution < 1.29 is 13.6 Å². The first-order valence-corrected chi connectivity index (χ1v) is 7.49. The van der Waals surface area contributed by atoms with Gasteiger partial charge < -0.3 is 9.73 Å². The molecule has 0 amide bonds. The quantitative estimate of drug-likeness (QED) is 0.705. The molecule has 0 unspecified atom stereocenters. The van der Waals surface area contributed by atoms with Crippen molar-refractivity contribution in [1.29, 1.82) is 0 Å². The van der Waals surface area contributed by atoms with Gasteiger partial charge in [-0.25, -0.2) is 4.39 Å². The highest BCUT2D eigenvalue weighted by atomic mass is 35.5. The van der Waals surface area contributed by atoms with Gasteiger partial charge in [-0.3, -0.25) is 4.79 Å². The van der Waals surface area contributed by atoms with Crippen LogP contribution in [-0.4, -0.2) is 10.8 Å². The van der Waals surface area contributed by atoms with Crippen LogP contribution in [0.5, 0.6) is 0 Å². The number of carbonyl (C=O) groups excluding carboxylic acids is 1. The van der Waals surface area contributed by atoms with Crippen molar-refractivity contribution in [2.24, 2.45) is 0 Å². The lowest BCUT2D eigenvalue weighted by atomic mass is 10.1. The van der Waals surface area contributed by atoms with Gasteiger partial charge in [0.05, 0.1) is 10.7 Å². The second-order valence-corrected chi connectivity index (χ2v) is 5.88. The van der Waals surface area contributed by atoms with Crippen LogP contribution in [0.4, 0.5) is 16.1 Å². The van der Waals surface area contributed by atoms with E-state index >= 15 is 0 Å². The zero-order chi connectivity index (χ0) is 16.6. The summed E-state index contributed by atoms with van der Waals surface area (Å²) in [5.41, 5.74) is 1.10. The summed E-state index contributed by atoms with van der Waals surface area (Å²) in [4.78, 5) is 15.3. The summed E-state index contributed by atoms with van der Waals surface area (Å²) in [7, 11) is 0. The molecule has 3 rings (SSSR count). The Kier molecular flexibility index (Phi) is 4.24. The van der Waals surface area contributed by atoms with Gasteiger partial charge in [0, 0.05) is 11.4 Å². The molecule has 4 nitrogen and oxygen atoms in total. The molecule has 2 aromatic carbocycles. The molecule has 1 N–H and O–H groups in total. The number of benzene rings is 2. The highest BCUT2D eigenvalue weighted by Gasteiger charge is 2.16. The third-order valence-electron chi connectivity index (χ3n) is 3.19. The molecule has 23 heavy (non-hydrogen) atoms. The molecule has 3 aromatic rings. The zero-order valence-electron chi connectivity index (χ0n) is 12.0. The molecule has 0 saturated heterocycles. The summed E-state index contributed by atoms with van der Waals surface area (Å²) in [6.07, 6.45) is 0.00531. The van der Waals surface area contributed by atoms with Gasteiger partial charge in [0.15, 0.2) is 11.4 Å². The molecule has 1 heterocycles. The first-order chi connectivity index (χ1) is 10.9. The minimum atomic E-state index is -0.588. The summed E-state index contributed by atoms with van der Waals surface area (Å²) >= 11 is 12.0. The second-order valence-electron chi connectivity index (χ2n) is 5.03. The number of ketones is 1. The number of rotatable bonds is 4. The summed E-state index contributed by atoms with van der Waals surface area (Å²) in [6, 6.07) is 8.09. The van der Waals surface area contributed by atoms with Crippen molar-refractivity contribution >= 4 is 51.8 Å². The van der Waals surface area contributed by atoms with Crippen molar-refractivity contribution in [2.75, 3.05) is 5.32 Å². The van der Waals surface area contributed by atoms with E-state index in [0.29, 0.717) is 21.2 Å². The van der Waals surface area contributed by atoms with E-state index < -0.39 is 5.82 Å². The van der Waals surface area contributed by atoms with E-state index in [-0.39, 0.29) is 29.4 Å². The number of aromatic nitrogens is 1. The Hall–Kier alpha value is -2.11. The van der Waals surface area contributed by atoms with Crippen molar-refractivity contribution in [1.82, 2.24) is 4.98 Å². The normalized spacial score (nSPS) is 11.0. The van der Waals surface area contributed by atoms with E-state index in [4.69, 9.17) is 27.6 Å². The summed E-state index contributed by atoms with van der Waals surface area (Å²) in [5, 5.41) is 3.78. The van der Waals surface area contributed by atoms with E-state index in [9.17, 15) is 9.18 Å². The van der Waals surface area contributed by atoms with Crippen LogP contribution in [0.1, 0.15) is 12.5 Å². The minimum absolute atomic E-state index is 0.00531. The number of hydrogen-bond acceptors (Lipinski definition) is 4. The number of fused-ring (bicyclic) bond motifs is 1. The fourth-order valence-electron chi connectivity index (χ4n) is 2.17. The monoisotopic (exact) mass is 352 g/mol. The van der Waals surface area contributed by atoms with Gasteiger partial charge in [0.2, 0.25) is 0 Å². The number of anilines is 2. The molecule has 0 bridgehead atoms. The smallest absolute Gasteiger partial charge is 0.300 e. The van der Waals surface area contributed by atoms with E-state index in [1.165, 1.54) is 13.0 Å². The molecule has 1 aromatic heterocycles. The van der Waals surface area contributed by atoms with Crippen molar-refractivity contribution in [2.45, 2.75) is 13.3 Å². The topological polar surface area (TPSA) is 55.1 Å². The Morgan fingerprint density at radius 1 is 1.30 bits per heavy atom. The predicted molar refractivity (Wildman–Crippen MR) is 88.1 cm³/mol. The molecule has 0 fully saturated rings. The third-order valence-corrected chi connectivity index (χ3v) is 3.75. The van der Waals surface area contributed by atoms with E-state index in [1.807, 2.05) is 0 Å². The second kappa shape index (κ2) is 6.18. The van der Waals surface area contributed by atoms with E-state index in [2.05, 4.69) is 10.3 Å². The minimum Gasteiger partial charge on any atom is -0.420 e.